The smallest absolute Gasteiger partial charge is 0.166 e. The van der Waals surface area contributed by atoms with Crippen LogP contribution in [0.15, 0.2) is 35.1 Å². The van der Waals surface area contributed by atoms with Crippen molar-refractivity contribution in [2.75, 3.05) is 26.3 Å². The lowest BCUT2D eigenvalue weighted by atomic mass is 10.1. The molecule has 26 heavy (non-hydrogen) atoms. The zero-order valence-corrected chi connectivity index (χ0v) is 17.5. The van der Waals surface area contributed by atoms with E-state index in [0.29, 0.717) is 18.3 Å². The van der Waals surface area contributed by atoms with Gasteiger partial charge in [-0.15, -0.1) is 0 Å². The molecule has 0 amide bonds. The number of halogens is 1. The maximum Gasteiger partial charge on any atom is 0.166 e. The van der Waals surface area contributed by atoms with Crippen molar-refractivity contribution in [1.82, 2.24) is 20.4 Å². The molecule has 2 aromatic rings. The summed E-state index contributed by atoms with van der Waals surface area (Å²) in [6.45, 7) is 7.39. The Kier molecular flexibility index (Phi) is 8.70. The van der Waals surface area contributed by atoms with Crippen LogP contribution in [0.25, 0.3) is 0 Å². The maximum atomic E-state index is 5.66. The first-order valence-corrected chi connectivity index (χ1v) is 9.90. The Morgan fingerprint density at radius 3 is 2.58 bits per heavy atom. The molecule has 0 spiro atoms. The molecule has 0 radical (unpaired) electrons. The van der Waals surface area contributed by atoms with Crippen molar-refractivity contribution in [2.24, 2.45) is 0 Å². The summed E-state index contributed by atoms with van der Waals surface area (Å²) in [6, 6.07) is 6.05. The summed E-state index contributed by atoms with van der Waals surface area (Å²) in [4.78, 5) is 0. The van der Waals surface area contributed by atoms with Crippen LogP contribution < -0.4 is 20.1 Å². The highest BCUT2D eigenvalue weighted by molar-refractivity contribution is 9.10. The molecule has 1 heterocycles. The molecule has 0 aliphatic carbocycles. The molecule has 0 saturated heterocycles. The Morgan fingerprint density at radius 2 is 1.88 bits per heavy atom. The summed E-state index contributed by atoms with van der Waals surface area (Å²) in [5.74, 6) is 1.58. The summed E-state index contributed by atoms with van der Waals surface area (Å²) in [7, 11) is 0. The first-order chi connectivity index (χ1) is 12.6. The van der Waals surface area contributed by atoms with Crippen LogP contribution in [0.5, 0.6) is 11.5 Å². The molecule has 1 aromatic heterocycles. The standard InChI is InChI=1S/C18H25BrN4O2S/c1-3-24-16-6-5-14(11-17(16)25-4-2)7-8-20-18(26)21-9-10-23-13-15(19)12-22-23/h5-6,11-13H,3-4,7-10H2,1-2H3,(H2,20,21,26). The van der Waals surface area contributed by atoms with Gasteiger partial charge in [-0.3, -0.25) is 4.68 Å². The van der Waals surface area contributed by atoms with Gasteiger partial charge in [0.05, 0.1) is 30.4 Å². The van der Waals surface area contributed by atoms with Crippen LogP contribution in [-0.2, 0) is 13.0 Å². The summed E-state index contributed by atoms with van der Waals surface area (Å²) < 4.78 is 14.1. The van der Waals surface area contributed by atoms with Crippen molar-refractivity contribution < 1.29 is 9.47 Å². The summed E-state index contributed by atoms with van der Waals surface area (Å²) in [6.07, 6.45) is 4.55. The van der Waals surface area contributed by atoms with E-state index >= 15 is 0 Å². The van der Waals surface area contributed by atoms with E-state index in [-0.39, 0.29) is 0 Å². The fourth-order valence-corrected chi connectivity index (χ4v) is 2.91. The molecule has 6 nitrogen and oxygen atoms in total. The largest absolute Gasteiger partial charge is 0.490 e. The SMILES string of the molecule is CCOc1ccc(CCNC(=S)NCCn2cc(Br)cn2)cc1OCC. The van der Waals surface area contributed by atoms with Gasteiger partial charge in [-0.2, -0.15) is 5.10 Å². The molecule has 0 atom stereocenters. The summed E-state index contributed by atoms with van der Waals surface area (Å²) in [5.41, 5.74) is 1.17. The van der Waals surface area contributed by atoms with Crippen molar-refractivity contribution in [2.45, 2.75) is 26.8 Å². The molecular weight excluding hydrogens is 416 g/mol. The number of rotatable bonds is 10. The van der Waals surface area contributed by atoms with E-state index in [1.807, 2.05) is 36.9 Å². The van der Waals surface area contributed by atoms with E-state index in [4.69, 9.17) is 21.7 Å². The minimum Gasteiger partial charge on any atom is -0.490 e. The lowest BCUT2D eigenvalue weighted by Gasteiger charge is -2.13. The number of ether oxygens (including phenoxy) is 2. The molecule has 0 aliphatic heterocycles. The van der Waals surface area contributed by atoms with Gasteiger partial charge in [0.1, 0.15) is 0 Å². The van der Waals surface area contributed by atoms with Crippen molar-refractivity contribution in [3.05, 3.63) is 40.6 Å². The minimum atomic E-state index is 0.614. The molecule has 2 N–H and O–H groups in total. The number of nitrogens with one attached hydrogen (secondary N) is 2. The van der Waals surface area contributed by atoms with Crippen molar-refractivity contribution in [3.63, 3.8) is 0 Å². The highest BCUT2D eigenvalue weighted by atomic mass is 79.9. The summed E-state index contributed by atoms with van der Waals surface area (Å²) >= 11 is 8.69. The van der Waals surface area contributed by atoms with E-state index in [2.05, 4.69) is 37.7 Å². The molecule has 1 aromatic carbocycles. The van der Waals surface area contributed by atoms with Gasteiger partial charge in [0.2, 0.25) is 0 Å². The van der Waals surface area contributed by atoms with E-state index in [9.17, 15) is 0 Å². The second-order valence-electron chi connectivity index (χ2n) is 5.50. The third-order valence-corrected chi connectivity index (χ3v) is 4.23. The van der Waals surface area contributed by atoms with Crippen molar-refractivity contribution >= 4 is 33.3 Å². The van der Waals surface area contributed by atoms with Crippen molar-refractivity contribution in [1.29, 1.82) is 0 Å². The molecule has 0 aliphatic rings. The lowest BCUT2D eigenvalue weighted by Crippen LogP contribution is -2.38. The number of hydrogen-bond acceptors (Lipinski definition) is 4. The maximum absolute atomic E-state index is 5.66. The van der Waals surface area contributed by atoms with Gasteiger partial charge in [0.15, 0.2) is 16.6 Å². The number of benzene rings is 1. The molecule has 2 rings (SSSR count). The Balaban J connectivity index is 1.72. The highest BCUT2D eigenvalue weighted by Crippen LogP contribution is 2.28. The normalized spacial score (nSPS) is 10.4. The topological polar surface area (TPSA) is 60.3 Å². The average molecular weight is 441 g/mol. The quantitative estimate of drug-likeness (QED) is 0.553. The third kappa shape index (κ3) is 6.84. The number of hydrogen-bond donors (Lipinski definition) is 2. The monoisotopic (exact) mass is 440 g/mol. The Labute approximate surface area is 168 Å². The number of thiocarbonyl (C=S) groups is 1. The van der Waals surface area contributed by atoms with Crippen LogP contribution in [0.3, 0.4) is 0 Å². The van der Waals surface area contributed by atoms with Crippen LogP contribution >= 0.6 is 28.1 Å². The Hall–Kier alpha value is -1.80. The fraction of sp³-hybridized carbons (Fsp3) is 0.444. The van der Waals surface area contributed by atoms with Gasteiger partial charge in [-0.25, -0.2) is 0 Å². The molecule has 142 valence electrons. The van der Waals surface area contributed by atoms with Gasteiger partial charge in [-0.05, 0) is 66.1 Å². The van der Waals surface area contributed by atoms with Crippen molar-refractivity contribution in [3.8, 4) is 11.5 Å². The van der Waals surface area contributed by atoms with Gasteiger partial charge in [-0.1, -0.05) is 6.07 Å². The van der Waals surface area contributed by atoms with Crippen LogP contribution in [-0.4, -0.2) is 41.2 Å². The highest BCUT2D eigenvalue weighted by Gasteiger charge is 2.06. The number of nitrogens with zero attached hydrogens (tertiary/aromatic N) is 2. The second-order valence-corrected chi connectivity index (χ2v) is 6.83. The van der Waals surface area contributed by atoms with Crippen LogP contribution in [0, 0.1) is 0 Å². The summed E-state index contributed by atoms with van der Waals surface area (Å²) in [5, 5.41) is 11.3. The van der Waals surface area contributed by atoms with Crippen LogP contribution in [0.4, 0.5) is 0 Å². The minimum absolute atomic E-state index is 0.614. The first kappa shape index (κ1) is 20.5. The zero-order chi connectivity index (χ0) is 18.8. The molecule has 0 unspecified atom stereocenters. The van der Waals surface area contributed by atoms with Gasteiger partial charge < -0.3 is 20.1 Å². The average Bonchev–Trinajstić information content (AvgIpc) is 3.03. The van der Waals surface area contributed by atoms with Crippen LogP contribution in [0.1, 0.15) is 19.4 Å². The molecular formula is C18H25BrN4O2S. The first-order valence-electron chi connectivity index (χ1n) is 8.70. The van der Waals surface area contributed by atoms with E-state index in [1.165, 1.54) is 5.56 Å². The predicted molar refractivity (Wildman–Crippen MR) is 111 cm³/mol. The second kappa shape index (κ2) is 11.0. The van der Waals surface area contributed by atoms with E-state index < -0.39 is 0 Å². The van der Waals surface area contributed by atoms with Gasteiger partial charge in [0.25, 0.3) is 0 Å². The molecule has 0 bridgehead atoms. The molecule has 8 heteroatoms. The number of aromatic nitrogens is 2. The van der Waals surface area contributed by atoms with Gasteiger partial charge >= 0.3 is 0 Å². The van der Waals surface area contributed by atoms with E-state index in [0.717, 1.165) is 42.0 Å². The predicted octanol–water partition coefficient (Wildman–Crippen LogP) is 3.15. The Morgan fingerprint density at radius 1 is 1.15 bits per heavy atom. The van der Waals surface area contributed by atoms with Gasteiger partial charge in [0, 0.05) is 19.3 Å². The molecule has 0 saturated carbocycles. The fourth-order valence-electron chi connectivity index (χ4n) is 2.38. The zero-order valence-electron chi connectivity index (χ0n) is 15.1. The van der Waals surface area contributed by atoms with E-state index in [1.54, 1.807) is 6.20 Å². The lowest BCUT2D eigenvalue weighted by molar-refractivity contribution is 0.287. The Bertz CT molecular complexity index is 708. The molecule has 0 fully saturated rings. The third-order valence-electron chi connectivity index (χ3n) is 3.54. The van der Waals surface area contributed by atoms with Crippen LogP contribution in [0.2, 0.25) is 0 Å².